The van der Waals surface area contributed by atoms with Gasteiger partial charge in [-0.15, -0.1) is 12.4 Å². The highest BCUT2D eigenvalue weighted by Gasteiger charge is 2.35. The monoisotopic (exact) mass is 288 g/mol. The van der Waals surface area contributed by atoms with Crippen LogP contribution in [0.4, 0.5) is 0 Å². The van der Waals surface area contributed by atoms with E-state index >= 15 is 0 Å². The molecular weight excluding hydrogens is 260 g/mol. The predicted octanol–water partition coefficient (Wildman–Crippen LogP) is 3.11. The van der Waals surface area contributed by atoms with Crippen molar-refractivity contribution in [2.75, 3.05) is 6.54 Å². The summed E-state index contributed by atoms with van der Waals surface area (Å²) in [4.78, 5) is 14.5. The lowest BCUT2D eigenvalue weighted by Gasteiger charge is -2.31. The standard InChI is InChI=1S/C15H28N2O.ClH/c1-2-6-14(16)15(18)17(13-9-10-13)11-12-7-4-3-5-8-12;/h12-14H,2-11,16H2,1H3;1H. The van der Waals surface area contributed by atoms with Crippen LogP contribution < -0.4 is 5.73 Å². The summed E-state index contributed by atoms with van der Waals surface area (Å²) in [5.74, 6) is 0.946. The maximum absolute atomic E-state index is 12.4. The molecule has 2 saturated carbocycles. The second kappa shape index (κ2) is 8.11. The summed E-state index contributed by atoms with van der Waals surface area (Å²) < 4.78 is 0. The Labute approximate surface area is 123 Å². The van der Waals surface area contributed by atoms with E-state index in [2.05, 4.69) is 11.8 Å². The molecule has 2 fully saturated rings. The van der Waals surface area contributed by atoms with Gasteiger partial charge in [0.05, 0.1) is 6.04 Å². The maximum Gasteiger partial charge on any atom is 0.239 e. The summed E-state index contributed by atoms with van der Waals surface area (Å²) in [5.41, 5.74) is 6.01. The first-order chi connectivity index (χ1) is 8.72. The van der Waals surface area contributed by atoms with E-state index in [0.29, 0.717) is 6.04 Å². The number of rotatable bonds is 6. The maximum atomic E-state index is 12.4. The fourth-order valence-corrected chi connectivity index (χ4v) is 3.10. The second-order valence-electron chi connectivity index (χ2n) is 6.12. The van der Waals surface area contributed by atoms with Gasteiger partial charge in [0.1, 0.15) is 0 Å². The molecular formula is C15H29ClN2O. The SMILES string of the molecule is CCCC(N)C(=O)N(CC1CCCCC1)C1CC1.Cl. The van der Waals surface area contributed by atoms with Crippen molar-refractivity contribution in [3.8, 4) is 0 Å². The Morgan fingerprint density at radius 2 is 1.84 bits per heavy atom. The first kappa shape index (κ1) is 16.8. The summed E-state index contributed by atoms with van der Waals surface area (Å²) in [6.45, 7) is 3.07. The van der Waals surface area contributed by atoms with Gasteiger partial charge in [-0.25, -0.2) is 0 Å². The van der Waals surface area contributed by atoms with Crippen LogP contribution in [0.15, 0.2) is 0 Å². The van der Waals surface area contributed by atoms with E-state index in [1.165, 1.54) is 44.9 Å². The van der Waals surface area contributed by atoms with E-state index in [4.69, 9.17) is 5.73 Å². The minimum absolute atomic E-state index is 0. The highest BCUT2D eigenvalue weighted by molar-refractivity contribution is 5.85. The van der Waals surface area contributed by atoms with Gasteiger partial charge in [0.25, 0.3) is 0 Å². The van der Waals surface area contributed by atoms with Gasteiger partial charge in [0, 0.05) is 12.6 Å². The lowest BCUT2D eigenvalue weighted by atomic mass is 9.88. The molecule has 2 aliphatic rings. The molecule has 0 aliphatic heterocycles. The van der Waals surface area contributed by atoms with Gasteiger partial charge in [0.15, 0.2) is 0 Å². The molecule has 1 amide bonds. The van der Waals surface area contributed by atoms with Crippen LogP contribution in [0.1, 0.15) is 64.7 Å². The van der Waals surface area contributed by atoms with Crippen molar-refractivity contribution >= 4 is 18.3 Å². The topological polar surface area (TPSA) is 46.3 Å². The Hall–Kier alpha value is -0.280. The van der Waals surface area contributed by atoms with Gasteiger partial charge in [-0.3, -0.25) is 4.79 Å². The molecule has 4 heteroatoms. The summed E-state index contributed by atoms with van der Waals surface area (Å²) in [6.07, 6.45) is 10.9. The zero-order valence-electron chi connectivity index (χ0n) is 12.1. The predicted molar refractivity (Wildman–Crippen MR) is 81.4 cm³/mol. The number of nitrogens with two attached hydrogens (primary N) is 1. The number of carbonyl (C=O) groups is 1. The minimum Gasteiger partial charge on any atom is -0.338 e. The Bertz CT molecular complexity index is 275. The molecule has 2 N–H and O–H groups in total. The Morgan fingerprint density at radius 1 is 1.21 bits per heavy atom. The number of nitrogens with zero attached hydrogens (tertiary/aromatic N) is 1. The molecule has 0 heterocycles. The average Bonchev–Trinajstić information content (AvgIpc) is 3.21. The summed E-state index contributed by atoms with van der Waals surface area (Å²) >= 11 is 0. The Morgan fingerprint density at radius 3 is 2.37 bits per heavy atom. The van der Waals surface area contributed by atoms with Gasteiger partial charge in [-0.05, 0) is 38.0 Å². The van der Waals surface area contributed by atoms with Crippen molar-refractivity contribution in [3.63, 3.8) is 0 Å². The third kappa shape index (κ3) is 4.96. The zero-order chi connectivity index (χ0) is 13.0. The summed E-state index contributed by atoms with van der Waals surface area (Å²) in [5, 5.41) is 0. The molecule has 0 bridgehead atoms. The van der Waals surface area contributed by atoms with Crippen LogP contribution in [0.5, 0.6) is 0 Å². The molecule has 0 aromatic carbocycles. The fourth-order valence-electron chi connectivity index (χ4n) is 3.10. The van der Waals surface area contributed by atoms with Crippen molar-refractivity contribution in [1.29, 1.82) is 0 Å². The highest BCUT2D eigenvalue weighted by atomic mass is 35.5. The third-order valence-corrected chi connectivity index (χ3v) is 4.37. The van der Waals surface area contributed by atoms with Crippen LogP contribution in [0.3, 0.4) is 0 Å². The fraction of sp³-hybridized carbons (Fsp3) is 0.933. The van der Waals surface area contributed by atoms with E-state index in [1.54, 1.807) is 0 Å². The smallest absolute Gasteiger partial charge is 0.239 e. The lowest BCUT2D eigenvalue weighted by Crippen LogP contribution is -2.47. The number of hydrogen-bond acceptors (Lipinski definition) is 2. The largest absolute Gasteiger partial charge is 0.338 e. The van der Waals surface area contributed by atoms with Gasteiger partial charge >= 0.3 is 0 Å². The van der Waals surface area contributed by atoms with Gasteiger partial charge < -0.3 is 10.6 Å². The van der Waals surface area contributed by atoms with Gasteiger partial charge in [-0.1, -0.05) is 32.6 Å². The lowest BCUT2D eigenvalue weighted by molar-refractivity contribution is -0.134. The van der Waals surface area contributed by atoms with Crippen molar-refractivity contribution < 1.29 is 4.79 Å². The normalized spacial score (nSPS) is 21.6. The molecule has 0 aromatic heterocycles. The van der Waals surface area contributed by atoms with Crippen LogP contribution in [0, 0.1) is 5.92 Å². The van der Waals surface area contributed by atoms with Crippen molar-refractivity contribution in [1.82, 2.24) is 4.90 Å². The Balaban J connectivity index is 0.00000180. The molecule has 19 heavy (non-hydrogen) atoms. The van der Waals surface area contributed by atoms with E-state index in [-0.39, 0.29) is 24.4 Å². The Kier molecular flexibility index (Phi) is 7.16. The molecule has 0 radical (unpaired) electrons. The molecule has 3 nitrogen and oxygen atoms in total. The van der Waals surface area contributed by atoms with Crippen LogP contribution in [-0.2, 0) is 4.79 Å². The number of hydrogen-bond donors (Lipinski definition) is 1. The molecule has 0 spiro atoms. The molecule has 1 unspecified atom stereocenters. The van der Waals surface area contributed by atoms with E-state index < -0.39 is 0 Å². The first-order valence-electron chi connectivity index (χ1n) is 7.78. The van der Waals surface area contributed by atoms with Crippen LogP contribution >= 0.6 is 12.4 Å². The molecule has 112 valence electrons. The number of amides is 1. The molecule has 0 saturated heterocycles. The van der Waals surface area contributed by atoms with E-state index in [1.807, 2.05) is 0 Å². The molecule has 0 aromatic rings. The van der Waals surface area contributed by atoms with E-state index in [0.717, 1.165) is 25.3 Å². The average molecular weight is 289 g/mol. The summed E-state index contributed by atoms with van der Waals surface area (Å²) in [6, 6.07) is 0.251. The highest BCUT2D eigenvalue weighted by Crippen LogP contribution is 2.31. The molecule has 1 atom stereocenters. The third-order valence-electron chi connectivity index (χ3n) is 4.37. The van der Waals surface area contributed by atoms with Gasteiger partial charge in [0.2, 0.25) is 5.91 Å². The molecule has 2 rings (SSSR count). The van der Waals surface area contributed by atoms with Crippen molar-refractivity contribution in [3.05, 3.63) is 0 Å². The van der Waals surface area contributed by atoms with Crippen LogP contribution in [-0.4, -0.2) is 29.4 Å². The van der Waals surface area contributed by atoms with Crippen molar-refractivity contribution in [2.45, 2.75) is 76.8 Å². The van der Waals surface area contributed by atoms with Crippen LogP contribution in [0.2, 0.25) is 0 Å². The first-order valence-corrected chi connectivity index (χ1v) is 7.78. The second-order valence-corrected chi connectivity index (χ2v) is 6.12. The zero-order valence-corrected chi connectivity index (χ0v) is 13.0. The van der Waals surface area contributed by atoms with E-state index in [9.17, 15) is 4.79 Å². The minimum atomic E-state index is -0.265. The van der Waals surface area contributed by atoms with Gasteiger partial charge in [-0.2, -0.15) is 0 Å². The van der Waals surface area contributed by atoms with Crippen LogP contribution in [0.25, 0.3) is 0 Å². The number of halogens is 1. The number of carbonyl (C=O) groups excluding carboxylic acids is 1. The quantitative estimate of drug-likeness (QED) is 0.816. The summed E-state index contributed by atoms with van der Waals surface area (Å²) in [7, 11) is 0. The van der Waals surface area contributed by atoms with Crippen molar-refractivity contribution in [2.24, 2.45) is 11.7 Å². The molecule has 2 aliphatic carbocycles.